The summed E-state index contributed by atoms with van der Waals surface area (Å²) in [4.78, 5) is 6.74. The summed E-state index contributed by atoms with van der Waals surface area (Å²) in [5.74, 6) is 0.524. The normalized spacial score (nSPS) is 11.8. The van der Waals surface area contributed by atoms with E-state index in [9.17, 15) is 4.39 Å². The van der Waals surface area contributed by atoms with Gasteiger partial charge in [0.2, 0.25) is 0 Å². The number of aliphatic imine (C=N–C) groups is 1. The minimum Gasteiger partial charge on any atom is -0.385 e. The predicted molar refractivity (Wildman–Crippen MR) is 93.2 cm³/mol. The average Bonchev–Trinajstić information content (AvgIpc) is 2.53. The van der Waals surface area contributed by atoms with Crippen LogP contribution in [-0.2, 0) is 11.3 Å². The van der Waals surface area contributed by atoms with E-state index in [2.05, 4.69) is 27.6 Å². The number of nitrogens with zero attached hydrogens (tertiary/aromatic N) is 2. The molecule has 0 saturated heterocycles. The van der Waals surface area contributed by atoms with E-state index in [0.29, 0.717) is 6.54 Å². The molecule has 1 aromatic rings. The van der Waals surface area contributed by atoms with Crippen molar-refractivity contribution < 1.29 is 9.13 Å². The zero-order valence-corrected chi connectivity index (χ0v) is 14.4. The highest BCUT2D eigenvalue weighted by molar-refractivity contribution is 5.79. The predicted octanol–water partition coefficient (Wildman–Crippen LogP) is 1.85. The summed E-state index contributed by atoms with van der Waals surface area (Å²) in [5, 5.41) is 6.50. The van der Waals surface area contributed by atoms with Crippen LogP contribution in [0.25, 0.3) is 0 Å². The minimum atomic E-state index is -0.228. The highest BCUT2D eigenvalue weighted by atomic mass is 19.1. The standard InChI is InChI=1S/C17H29FN4O/c1-4-19-17(20-9-11-22(2)10-6-12-23-3)21-14-15-7-5-8-16(18)13-15/h5,7-8,13H,4,6,9-12,14H2,1-3H3,(H2,19,20,21). The highest BCUT2D eigenvalue weighted by Crippen LogP contribution is 2.04. The summed E-state index contributed by atoms with van der Waals surface area (Å²) in [6.45, 7) is 6.79. The van der Waals surface area contributed by atoms with Crippen LogP contribution in [0.15, 0.2) is 29.3 Å². The van der Waals surface area contributed by atoms with Crippen LogP contribution in [0.3, 0.4) is 0 Å². The summed E-state index contributed by atoms with van der Waals surface area (Å²) in [7, 11) is 3.81. The van der Waals surface area contributed by atoms with Gasteiger partial charge in [-0.25, -0.2) is 9.38 Å². The fourth-order valence-corrected chi connectivity index (χ4v) is 2.10. The monoisotopic (exact) mass is 324 g/mol. The highest BCUT2D eigenvalue weighted by Gasteiger charge is 2.01. The molecule has 0 aliphatic heterocycles. The molecule has 23 heavy (non-hydrogen) atoms. The second-order valence-electron chi connectivity index (χ2n) is 5.40. The molecule has 0 fully saturated rings. The smallest absolute Gasteiger partial charge is 0.191 e. The van der Waals surface area contributed by atoms with E-state index in [1.54, 1.807) is 13.2 Å². The third-order valence-corrected chi connectivity index (χ3v) is 3.33. The van der Waals surface area contributed by atoms with E-state index in [-0.39, 0.29) is 5.82 Å². The molecule has 1 rings (SSSR count). The first-order valence-electron chi connectivity index (χ1n) is 8.09. The number of hydrogen-bond acceptors (Lipinski definition) is 3. The Morgan fingerprint density at radius 3 is 2.83 bits per heavy atom. The summed E-state index contributed by atoms with van der Waals surface area (Å²) >= 11 is 0. The van der Waals surface area contributed by atoms with Gasteiger partial charge in [0.15, 0.2) is 5.96 Å². The molecule has 0 bridgehead atoms. The van der Waals surface area contributed by atoms with Crippen molar-refractivity contribution in [2.24, 2.45) is 4.99 Å². The third-order valence-electron chi connectivity index (χ3n) is 3.33. The van der Waals surface area contributed by atoms with Gasteiger partial charge in [-0.3, -0.25) is 0 Å². The Morgan fingerprint density at radius 2 is 2.13 bits per heavy atom. The second-order valence-corrected chi connectivity index (χ2v) is 5.40. The fraction of sp³-hybridized carbons (Fsp3) is 0.588. The average molecular weight is 324 g/mol. The number of methoxy groups -OCH3 is 1. The number of hydrogen-bond donors (Lipinski definition) is 2. The van der Waals surface area contributed by atoms with Gasteiger partial charge < -0.3 is 20.3 Å². The van der Waals surface area contributed by atoms with Crippen LogP contribution in [0.2, 0.25) is 0 Å². The van der Waals surface area contributed by atoms with E-state index in [4.69, 9.17) is 4.74 Å². The van der Waals surface area contributed by atoms with E-state index in [0.717, 1.165) is 50.7 Å². The summed E-state index contributed by atoms with van der Waals surface area (Å²) in [5.41, 5.74) is 0.860. The van der Waals surface area contributed by atoms with Gasteiger partial charge in [0.1, 0.15) is 5.82 Å². The Balaban J connectivity index is 2.37. The SMILES string of the molecule is CCNC(=NCc1cccc(F)c1)NCCN(C)CCCOC. The molecule has 0 saturated carbocycles. The van der Waals surface area contributed by atoms with Crippen molar-refractivity contribution in [3.05, 3.63) is 35.6 Å². The Bertz CT molecular complexity index is 468. The number of halogens is 1. The first-order chi connectivity index (χ1) is 11.2. The molecule has 0 spiro atoms. The van der Waals surface area contributed by atoms with E-state index in [1.807, 2.05) is 13.0 Å². The summed E-state index contributed by atoms with van der Waals surface area (Å²) in [6.07, 6.45) is 1.03. The summed E-state index contributed by atoms with van der Waals surface area (Å²) in [6, 6.07) is 6.53. The van der Waals surface area contributed by atoms with Crippen LogP contribution < -0.4 is 10.6 Å². The number of ether oxygens (including phenoxy) is 1. The molecule has 0 aliphatic rings. The lowest BCUT2D eigenvalue weighted by Crippen LogP contribution is -2.41. The van der Waals surface area contributed by atoms with Crippen LogP contribution in [0.4, 0.5) is 4.39 Å². The molecule has 2 N–H and O–H groups in total. The molecule has 0 aromatic heterocycles. The maximum absolute atomic E-state index is 13.2. The number of nitrogens with one attached hydrogen (secondary N) is 2. The summed E-state index contributed by atoms with van der Waals surface area (Å²) < 4.78 is 18.2. The lowest BCUT2D eigenvalue weighted by Gasteiger charge is -2.18. The third kappa shape index (κ3) is 9.15. The number of guanidine groups is 1. The van der Waals surface area contributed by atoms with Gasteiger partial charge in [0.25, 0.3) is 0 Å². The van der Waals surface area contributed by atoms with Crippen molar-refractivity contribution >= 4 is 5.96 Å². The fourth-order valence-electron chi connectivity index (χ4n) is 2.10. The molecule has 130 valence electrons. The van der Waals surface area contributed by atoms with Crippen molar-refractivity contribution in [1.82, 2.24) is 15.5 Å². The largest absolute Gasteiger partial charge is 0.385 e. The van der Waals surface area contributed by atoms with E-state index < -0.39 is 0 Å². The molecule has 0 aliphatic carbocycles. The van der Waals surface area contributed by atoms with Crippen LogP contribution >= 0.6 is 0 Å². The first-order valence-corrected chi connectivity index (χ1v) is 8.09. The molecule has 0 heterocycles. The van der Waals surface area contributed by atoms with Crippen molar-refractivity contribution in [2.45, 2.75) is 19.9 Å². The first kappa shape index (κ1) is 19.4. The van der Waals surface area contributed by atoms with Gasteiger partial charge >= 0.3 is 0 Å². The van der Waals surface area contributed by atoms with Crippen molar-refractivity contribution in [1.29, 1.82) is 0 Å². The molecule has 0 amide bonds. The quantitative estimate of drug-likeness (QED) is 0.392. The maximum atomic E-state index is 13.2. The molecular formula is C17H29FN4O. The minimum absolute atomic E-state index is 0.228. The number of rotatable bonds is 10. The van der Waals surface area contributed by atoms with E-state index >= 15 is 0 Å². The van der Waals surface area contributed by atoms with Gasteiger partial charge in [-0.2, -0.15) is 0 Å². The van der Waals surface area contributed by atoms with Gasteiger partial charge in [-0.15, -0.1) is 0 Å². The number of benzene rings is 1. The van der Waals surface area contributed by atoms with Gasteiger partial charge in [0, 0.05) is 39.9 Å². The molecule has 0 radical (unpaired) electrons. The lowest BCUT2D eigenvalue weighted by atomic mass is 10.2. The van der Waals surface area contributed by atoms with Crippen LogP contribution in [0.5, 0.6) is 0 Å². The van der Waals surface area contributed by atoms with Crippen molar-refractivity contribution in [3.63, 3.8) is 0 Å². The van der Waals surface area contributed by atoms with Crippen LogP contribution in [-0.4, -0.2) is 57.8 Å². The van der Waals surface area contributed by atoms with Gasteiger partial charge in [-0.05, 0) is 38.1 Å². The lowest BCUT2D eigenvalue weighted by molar-refractivity contribution is 0.180. The van der Waals surface area contributed by atoms with Crippen LogP contribution in [0, 0.1) is 5.82 Å². The molecular weight excluding hydrogens is 295 g/mol. The molecule has 1 aromatic carbocycles. The zero-order valence-electron chi connectivity index (χ0n) is 14.4. The number of likely N-dealkylation sites (N-methyl/N-ethyl adjacent to an activating group) is 1. The molecule has 0 atom stereocenters. The maximum Gasteiger partial charge on any atom is 0.191 e. The van der Waals surface area contributed by atoms with Crippen molar-refractivity contribution in [3.8, 4) is 0 Å². The Hall–Kier alpha value is -1.66. The Labute approximate surface area is 138 Å². The zero-order chi connectivity index (χ0) is 16.9. The van der Waals surface area contributed by atoms with Gasteiger partial charge in [0.05, 0.1) is 6.54 Å². The Kier molecular flexibility index (Phi) is 9.99. The topological polar surface area (TPSA) is 48.9 Å². The second kappa shape index (κ2) is 11.8. The van der Waals surface area contributed by atoms with Gasteiger partial charge in [-0.1, -0.05) is 12.1 Å². The molecule has 6 heteroatoms. The Morgan fingerprint density at radius 1 is 1.30 bits per heavy atom. The molecule has 0 unspecified atom stereocenters. The van der Waals surface area contributed by atoms with Crippen LogP contribution in [0.1, 0.15) is 18.9 Å². The van der Waals surface area contributed by atoms with Crippen molar-refractivity contribution in [2.75, 3.05) is 46.9 Å². The molecule has 5 nitrogen and oxygen atoms in total. The van der Waals surface area contributed by atoms with E-state index in [1.165, 1.54) is 12.1 Å².